The van der Waals surface area contributed by atoms with Crippen LogP contribution in [0.2, 0.25) is 0 Å². The maximum absolute atomic E-state index is 12.5. The van der Waals surface area contributed by atoms with Crippen molar-refractivity contribution in [2.75, 3.05) is 26.4 Å². The van der Waals surface area contributed by atoms with Gasteiger partial charge in [0, 0.05) is 12.8 Å². The van der Waals surface area contributed by atoms with Gasteiger partial charge in [-0.1, -0.05) is 128 Å². The topological polar surface area (TPSA) is 149 Å². The Morgan fingerprint density at radius 3 is 1.70 bits per heavy atom. The summed E-state index contributed by atoms with van der Waals surface area (Å²) in [5.74, 6) is -0.943. The summed E-state index contributed by atoms with van der Waals surface area (Å²) in [6.45, 7) is 2.29. The zero-order valence-electron chi connectivity index (χ0n) is 29.5. The molecule has 0 aromatic rings. The van der Waals surface area contributed by atoms with E-state index in [9.17, 15) is 24.2 Å². The van der Waals surface area contributed by atoms with Crippen molar-refractivity contribution in [2.24, 2.45) is 0 Å². The lowest BCUT2D eigenvalue weighted by Crippen LogP contribution is -2.29. The second-order valence-corrected chi connectivity index (χ2v) is 13.7. The average molecular weight is 691 g/mol. The molecule has 0 heterocycles. The van der Waals surface area contributed by atoms with E-state index in [1.54, 1.807) is 0 Å². The lowest BCUT2D eigenvalue weighted by molar-refractivity contribution is -0.161. The molecule has 11 heteroatoms. The zero-order chi connectivity index (χ0) is 34.9. The molecule has 0 amide bonds. The Bertz CT molecular complexity index is 848. The smallest absolute Gasteiger partial charge is 0.462 e. The summed E-state index contributed by atoms with van der Waals surface area (Å²) < 4.78 is 32.5. The maximum atomic E-state index is 12.5. The van der Waals surface area contributed by atoms with Gasteiger partial charge < -0.3 is 24.6 Å². The number of phosphoric acid groups is 1. The molecular weight excluding hydrogens is 623 g/mol. The van der Waals surface area contributed by atoms with Crippen LogP contribution in [-0.4, -0.2) is 65.7 Å². The molecule has 0 aromatic heterocycles. The highest BCUT2D eigenvalue weighted by molar-refractivity contribution is 7.47. The second kappa shape index (κ2) is 33.0. The van der Waals surface area contributed by atoms with Gasteiger partial charge in [0.25, 0.3) is 0 Å². The van der Waals surface area contributed by atoms with Crippen molar-refractivity contribution in [1.82, 2.24) is 0 Å². The molecule has 3 atom stereocenters. The van der Waals surface area contributed by atoms with Crippen LogP contribution in [0.3, 0.4) is 0 Å². The predicted octanol–water partition coefficient (Wildman–Crippen LogP) is 8.66. The van der Waals surface area contributed by atoms with E-state index in [2.05, 4.69) is 42.7 Å². The van der Waals surface area contributed by atoms with E-state index >= 15 is 0 Å². The number of carbonyl (C=O) groups excluding carboxylic acids is 2. The molecule has 276 valence electrons. The third-order valence-electron chi connectivity index (χ3n) is 7.61. The molecule has 0 saturated carbocycles. The number of rotatable bonds is 34. The highest BCUT2D eigenvalue weighted by Gasteiger charge is 2.27. The summed E-state index contributed by atoms with van der Waals surface area (Å²) in [5.41, 5.74) is 0. The maximum Gasteiger partial charge on any atom is 0.472 e. The molecule has 0 saturated heterocycles. The number of carbonyl (C=O) groups is 2. The lowest BCUT2D eigenvalue weighted by atomic mass is 10.1. The Morgan fingerprint density at radius 1 is 0.638 bits per heavy atom. The van der Waals surface area contributed by atoms with Gasteiger partial charge in [-0.05, 0) is 38.5 Å². The first-order valence-corrected chi connectivity index (χ1v) is 19.8. The number of aliphatic hydroxyl groups excluding tert-OH is 2. The fraction of sp³-hybridized carbons (Fsp3) is 0.833. The molecule has 0 aromatic carbocycles. The fourth-order valence-electron chi connectivity index (χ4n) is 4.71. The van der Waals surface area contributed by atoms with Crippen LogP contribution in [0.15, 0.2) is 24.3 Å². The second-order valence-electron chi connectivity index (χ2n) is 12.3. The molecule has 0 aliphatic carbocycles. The van der Waals surface area contributed by atoms with Gasteiger partial charge in [0.15, 0.2) is 6.10 Å². The first-order chi connectivity index (χ1) is 22.7. The van der Waals surface area contributed by atoms with Gasteiger partial charge in [-0.15, -0.1) is 0 Å². The van der Waals surface area contributed by atoms with Crippen LogP contribution < -0.4 is 0 Å². The van der Waals surface area contributed by atoms with Gasteiger partial charge in [-0.25, -0.2) is 4.57 Å². The van der Waals surface area contributed by atoms with E-state index in [4.69, 9.17) is 19.1 Å². The molecule has 0 radical (unpaired) electrons. The van der Waals surface area contributed by atoms with Crippen molar-refractivity contribution in [2.45, 2.75) is 167 Å². The van der Waals surface area contributed by atoms with Crippen LogP contribution in [0.5, 0.6) is 0 Å². The van der Waals surface area contributed by atoms with Gasteiger partial charge in [-0.2, -0.15) is 0 Å². The van der Waals surface area contributed by atoms with E-state index < -0.39 is 51.8 Å². The normalized spacial score (nSPS) is 14.4. The Morgan fingerprint density at radius 2 is 1.13 bits per heavy atom. The molecule has 0 rings (SSSR count). The third-order valence-corrected chi connectivity index (χ3v) is 8.56. The summed E-state index contributed by atoms with van der Waals surface area (Å²) in [6, 6.07) is 0. The summed E-state index contributed by atoms with van der Waals surface area (Å²) >= 11 is 0. The Labute approximate surface area is 285 Å². The fourth-order valence-corrected chi connectivity index (χ4v) is 5.50. The van der Waals surface area contributed by atoms with Gasteiger partial charge in [0.2, 0.25) is 0 Å². The molecule has 0 aliphatic rings. The van der Waals surface area contributed by atoms with E-state index in [1.807, 2.05) is 0 Å². The van der Waals surface area contributed by atoms with Crippen molar-refractivity contribution >= 4 is 19.8 Å². The van der Waals surface area contributed by atoms with E-state index in [0.717, 1.165) is 64.2 Å². The summed E-state index contributed by atoms with van der Waals surface area (Å²) in [4.78, 5) is 34.7. The van der Waals surface area contributed by atoms with Crippen LogP contribution in [0, 0.1) is 0 Å². The number of hydrogen-bond donors (Lipinski definition) is 3. The summed E-state index contributed by atoms with van der Waals surface area (Å²) in [6.07, 6.45) is 28.6. The Balaban J connectivity index is 4.42. The molecule has 3 N–H and O–H groups in total. The number of unbranched alkanes of at least 4 members (excludes halogenated alkanes) is 16. The molecule has 0 fully saturated rings. The van der Waals surface area contributed by atoms with Crippen LogP contribution in [-0.2, 0) is 32.7 Å². The average Bonchev–Trinajstić information content (AvgIpc) is 3.05. The van der Waals surface area contributed by atoms with Crippen LogP contribution >= 0.6 is 7.82 Å². The highest BCUT2D eigenvalue weighted by atomic mass is 31.2. The number of ether oxygens (including phenoxy) is 2. The molecule has 10 nitrogen and oxygen atoms in total. The van der Waals surface area contributed by atoms with Gasteiger partial charge in [0.05, 0.1) is 19.8 Å². The van der Waals surface area contributed by atoms with Crippen molar-refractivity contribution in [3.05, 3.63) is 24.3 Å². The number of esters is 2. The van der Waals surface area contributed by atoms with Gasteiger partial charge >= 0.3 is 19.8 Å². The quantitative estimate of drug-likeness (QED) is 0.0259. The number of allylic oxidation sites excluding steroid dienone is 4. The zero-order valence-corrected chi connectivity index (χ0v) is 30.4. The third kappa shape index (κ3) is 32.8. The van der Waals surface area contributed by atoms with Gasteiger partial charge in [-0.3, -0.25) is 18.6 Å². The summed E-state index contributed by atoms with van der Waals surface area (Å²) in [5, 5.41) is 18.2. The van der Waals surface area contributed by atoms with Gasteiger partial charge in [0.1, 0.15) is 12.7 Å². The minimum Gasteiger partial charge on any atom is -0.462 e. The molecule has 0 spiro atoms. The minimum absolute atomic E-state index is 0.170. The summed E-state index contributed by atoms with van der Waals surface area (Å²) in [7, 11) is -4.61. The number of hydrogen-bond acceptors (Lipinski definition) is 9. The monoisotopic (exact) mass is 690 g/mol. The first-order valence-electron chi connectivity index (χ1n) is 18.3. The minimum atomic E-state index is -4.61. The predicted molar refractivity (Wildman–Crippen MR) is 187 cm³/mol. The molecular formula is C36H67O10P. The van der Waals surface area contributed by atoms with Crippen molar-refractivity contribution in [3.8, 4) is 0 Å². The Hall–Kier alpha value is -1.55. The Kier molecular flexibility index (Phi) is 31.9. The molecule has 0 aliphatic heterocycles. The van der Waals surface area contributed by atoms with Crippen LogP contribution in [0.1, 0.15) is 155 Å². The largest absolute Gasteiger partial charge is 0.472 e. The van der Waals surface area contributed by atoms with Crippen molar-refractivity contribution in [3.63, 3.8) is 0 Å². The van der Waals surface area contributed by atoms with Crippen LogP contribution in [0.25, 0.3) is 0 Å². The first kappa shape index (κ1) is 45.5. The van der Waals surface area contributed by atoms with Crippen molar-refractivity contribution < 1.29 is 47.8 Å². The van der Waals surface area contributed by atoms with E-state index in [1.165, 1.54) is 51.4 Å². The standard InChI is InChI=1S/C36H67O10P/c1-3-5-7-9-11-13-15-16-17-18-20-22-24-26-28-36(40)46-34(32-45-47(41,42)44-30-33(38)29-37)31-43-35(39)27-25-23-21-19-14-12-10-8-6-4-2/h9,11,15-16,33-34,37-38H,3-8,10,12-14,17-32H2,1-2H3,(H,41,42)/b11-9+,16-15+/t33-,34+/m0/s1. The number of phosphoric ester groups is 1. The molecule has 1 unspecified atom stereocenters. The van der Waals surface area contributed by atoms with Crippen LogP contribution in [0.4, 0.5) is 0 Å². The molecule has 0 bridgehead atoms. The van der Waals surface area contributed by atoms with E-state index in [-0.39, 0.29) is 19.4 Å². The SMILES string of the molecule is CCCC/C=C/C/C=C/CCCCCCCC(=O)O[C@H](COC(=O)CCCCCCCCCCCC)COP(=O)(O)OC[C@@H](O)CO. The lowest BCUT2D eigenvalue weighted by Gasteiger charge is -2.20. The van der Waals surface area contributed by atoms with E-state index in [0.29, 0.717) is 12.8 Å². The highest BCUT2D eigenvalue weighted by Crippen LogP contribution is 2.43. The number of aliphatic hydroxyl groups is 2. The molecule has 47 heavy (non-hydrogen) atoms. The van der Waals surface area contributed by atoms with Crippen molar-refractivity contribution in [1.29, 1.82) is 0 Å².